The molecule has 0 saturated carbocycles. The summed E-state index contributed by atoms with van der Waals surface area (Å²) in [5.41, 5.74) is 14.1. The fourth-order valence-electron chi connectivity index (χ4n) is 8.52. The summed E-state index contributed by atoms with van der Waals surface area (Å²) in [7, 11) is 0. The zero-order chi connectivity index (χ0) is 38.7. The minimum absolute atomic E-state index is 0.610. The molecule has 0 N–H and O–H groups in total. The van der Waals surface area contributed by atoms with Gasteiger partial charge in [-0.05, 0) is 84.6 Å². The lowest BCUT2D eigenvalue weighted by atomic mass is 9.99. The molecule has 0 amide bonds. The highest BCUT2D eigenvalue weighted by Gasteiger charge is 2.21. The van der Waals surface area contributed by atoms with Gasteiger partial charge in [0.2, 0.25) is 0 Å². The number of aromatic nitrogens is 5. The third-order valence-corrected chi connectivity index (χ3v) is 11.3. The first-order chi connectivity index (χ1) is 28.6. The molecule has 0 aliphatic rings. The van der Waals surface area contributed by atoms with Crippen molar-refractivity contribution in [2.75, 3.05) is 0 Å². The molecule has 0 saturated heterocycles. The van der Waals surface area contributed by atoms with Crippen molar-refractivity contribution in [2.45, 2.75) is 13.8 Å². The number of benzene rings is 8. The van der Waals surface area contributed by atoms with Crippen LogP contribution in [0.3, 0.4) is 0 Å². The largest absolute Gasteiger partial charge is 0.309 e. The SMILES string of the molecule is Cc1ccc2c3ccc(C)cc3n(-c3ccc(-c4ccc5c6ccccc6n(-c6ccccc6)c5c4)cc3-c3nc(-c4ccccc4)nc(-c4ccccc4)n3)c2c1. The summed E-state index contributed by atoms with van der Waals surface area (Å²) < 4.78 is 4.77. The molecule has 0 atom stereocenters. The maximum Gasteiger partial charge on any atom is 0.166 e. The molecular weight excluding hydrogens is 707 g/mol. The maximum absolute atomic E-state index is 5.29. The first-order valence-electron chi connectivity index (χ1n) is 19.7. The molecule has 5 nitrogen and oxygen atoms in total. The van der Waals surface area contributed by atoms with Gasteiger partial charge in [0.05, 0.1) is 27.8 Å². The molecule has 11 aromatic rings. The summed E-state index contributed by atoms with van der Waals surface area (Å²) in [6.07, 6.45) is 0. The third-order valence-electron chi connectivity index (χ3n) is 11.3. The third kappa shape index (κ3) is 5.59. The van der Waals surface area contributed by atoms with Gasteiger partial charge in [0.25, 0.3) is 0 Å². The Morgan fingerprint density at radius 3 is 1.41 bits per heavy atom. The van der Waals surface area contributed by atoms with Crippen molar-refractivity contribution in [1.82, 2.24) is 24.1 Å². The van der Waals surface area contributed by atoms with Crippen LogP contribution in [0.4, 0.5) is 0 Å². The summed E-state index contributed by atoms with van der Waals surface area (Å²) >= 11 is 0. The monoisotopic (exact) mass is 743 g/mol. The molecule has 8 aromatic carbocycles. The number of nitrogens with zero attached hydrogens (tertiary/aromatic N) is 5. The number of para-hydroxylation sites is 2. The topological polar surface area (TPSA) is 48.5 Å². The molecule has 3 aromatic heterocycles. The Kier molecular flexibility index (Phi) is 7.86. The molecule has 0 spiro atoms. The van der Waals surface area contributed by atoms with Crippen LogP contribution >= 0.6 is 0 Å². The van der Waals surface area contributed by atoms with Crippen LogP contribution in [0.15, 0.2) is 188 Å². The summed E-state index contributed by atoms with van der Waals surface area (Å²) in [5, 5.41) is 4.86. The Morgan fingerprint density at radius 2 is 0.793 bits per heavy atom. The van der Waals surface area contributed by atoms with Crippen molar-refractivity contribution in [1.29, 1.82) is 0 Å². The second kappa shape index (κ2) is 13.5. The average Bonchev–Trinajstić information content (AvgIpc) is 3.78. The van der Waals surface area contributed by atoms with Gasteiger partial charge in [-0.25, -0.2) is 15.0 Å². The van der Waals surface area contributed by atoms with E-state index in [1.165, 1.54) is 38.2 Å². The second-order valence-electron chi connectivity index (χ2n) is 15.1. The summed E-state index contributed by atoms with van der Waals surface area (Å²) in [6, 6.07) is 66.8. The van der Waals surface area contributed by atoms with Gasteiger partial charge in [0.15, 0.2) is 17.5 Å². The molecule has 11 rings (SSSR count). The van der Waals surface area contributed by atoms with E-state index in [4.69, 9.17) is 15.0 Å². The van der Waals surface area contributed by atoms with Gasteiger partial charge in [0.1, 0.15) is 0 Å². The molecule has 58 heavy (non-hydrogen) atoms. The summed E-state index contributed by atoms with van der Waals surface area (Å²) in [4.78, 5) is 15.6. The molecule has 0 bridgehead atoms. The van der Waals surface area contributed by atoms with Gasteiger partial charge in [-0.15, -0.1) is 0 Å². The first kappa shape index (κ1) is 33.7. The minimum atomic E-state index is 0.610. The summed E-state index contributed by atoms with van der Waals surface area (Å²) in [6.45, 7) is 4.32. The van der Waals surface area contributed by atoms with E-state index in [-0.39, 0.29) is 0 Å². The van der Waals surface area contributed by atoms with Gasteiger partial charge in [-0.3, -0.25) is 0 Å². The minimum Gasteiger partial charge on any atom is -0.309 e. The smallest absolute Gasteiger partial charge is 0.166 e. The van der Waals surface area contributed by atoms with Crippen molar-refractivity contribution < 1.29 is 0 Å². The van der Waals surface area contributed by atoms with Crippen LogP contribution in [0.1, 0.15) is 11.1 Å². The van der Waals surface area contributed by atoms with E-state index in [0.29, 0.717) is 17.5 Å². The van der Waals surface area contributed by atoms with Crippen LogP contribution < -0.4 is 0 Å². The second-order valence-corrected chi connectivity index (χ2v) is 15.1. The maximum atomic E-state index is 5.29. The molecule has 5 heteroatoms. The highest BCUT2D eigenvalue weighted by molar-refractivity contribution is 6.11. The zero-order valence-electron chi connectivity index (χ0n) is 32.1. The van der Waals surface area contributed by atoms with Crippen molar-refractivity contribution in [2.24, 2.45) is 0 Å². The van der Waals surface area contributed by atoms with Crippen molar-refractivity contribution in [3.05, 3.63) is 199 Å². The predicted octanol–water partition coefficient (Wildman–Crippen LogP) is 13.4. The van der Waals surface area contributed by atoms with Gasteiger partial charge in [-0.2, -0.15) is 0 Å². The normalized spacial score (nSPS) is 11.6. The fourth-order valence-corrected chi connectivity index (χ4v) is 8.52. The lowest BCUT2D eigenvalue weighted by molar-refractivity contribution is 1.06. The number of fused-ring (bicyclic) bond motifs is 6. The van der Waals surface area contributed by atoms with Crippen molar-refractivity contribution >= 4 is 43.6 Å². The Hall–Kier alpha value is -7.63. The van der Waals surface area contributed by atoms with E-state index >= 15 is 0 Å². The van der Waals surface area contributed by atoms with E-state index in [2.05, 4.69) is 175 Å². The van der Waals surface area contributed by atoms with Crippen LogP contribution in [0, 0.1) is 13.8 Å². The number of rotatable bonds is 6. The Bertz CT molecular complexity index is 3230. The Labute approximate surface area is 336 Å². The van der Waals surface area contributed by atoms with Crippen LogP contribution in [-0.2, 0) is 0 Å². The molecule has 274 valence electrons. The molecule has 0 fully saturated rings. The Morgan fingerprint density at radius 1 is 0.328 bits per heavy atom. The lowest BCUT2D eigenvalue weighted by Crippen LogP contribution is -2.04. The first-order valence-corrected chi connectivity index (χ1v) is 19.7. The van der Waals surface area contributed by atoms with E-state index < -0.39 is 0 Å². The highest BCUT2D eigenvalue weighted by atomic mass is 15.1. The Balaban J connectivity index is 1.21. The van der Waals surface area contributed by atoms with Gasteiger partial charge >= 0.3 is 0 Å². The van der Waals surface area contributed by atoms with Crippen LogP contribution in [0.5, 0.6) is 0 Å². The number of aryl methyl sites for hydroxylation is 2. The average molecular weight is 744 g/mol. The van der Waals surface area contributed by atoms with E-state index in [1.807, 2.05) is 36.4 Å². The van der Waals surface area contributed by atoms with E-state index in [1.54, 1.807) is 0 Å². The standard InChI is InChI=1S/C53H37N5/c1-34-22-26-42-43-27-23-35(2)31-49(43)58(48(42)30-34)47-29-25-38(39-24-28-44-41-20-12-13-21-46(41)57(50(44)33-39)40-18-10-5-11-19-40)32-45(47)53-55-51(36-14-6-3-7-15-36)54-52(56-53)37-16-8-4-9-17-37/h3-33H,1-2H3. The van der Waals surface area contributed by atoms with Crippen LogP contribution in [0.2, 0.25) is 0 Å². The van der Waals surface area contributed by atoms with E-state index in [9.17, 15) is 0 Å². The van der Waals surface area contributed by atoms with Crippen molar-refractivity contribution in [3.63, 3.8) is 0 Å². The molecule has 0 aliphatic carbocycles. The lowest BCUT2D eigenvalue weighted by Gasteiger charge is -2.17. The molecule has 0 aliphatic heterocycles. The number of hydrogen-bond acceptors (Lipinski definition) is 3. The van der Waals surface area contributed by atoms with Gasteiger partial charge in [-0.1, -0.05) is 140 Å². The summed E-state index contributed by atoms with van der Waals surface area (Å²) in [5.74, 6) is 1.87. The molecule has 0 unspecified atom stereocenters. The number of hydrogen-bond donors (Lipinski definition) is 0. The quantitative estimate of drug-likeness (QED) is 0.170. The van der Waals surface area contributed by atoms with Gasteiger partial charge in [0, 0.05) is 43.9 Å². The van der Waals surface area contributed by atoms with Crippen LogP contribution in [0.25, 0.3) is 100 Å². The molecule has 3 heterocycles. The van der Waals surface area contributed by atoms with Gasteiger partial charge < -0.3 is 9.13 Å². The zero-order valence-corrected chi connectivity index (χ0v) is 32.1. The predicted molar refractivity (Wildman–Crippen MR) is 240 cm³/mol. The fraction of sp³-hybridized carbons (Fsp3) is 0.0377. The highest BCUT2D eigenvalue weighted by Crippen LogP contribution is 2.40. The van der Waals surface area contributed by atoms with Crippen molar-refractivity contribution in [3.8, 4) is 56.7 Å². The molecule has 0 radical (unpaired) electrons. The van der Waals surface area contributed by atoms with E-state index in [0.717, 1.165) is 55.7 Å². The van der Waals surface area contributed by atoms with Crippen LogP contribution in [-0.4, -0.2) is 24.1 Å². The molecular formula is C53H37N5.